The van der Waals surface area contributed by atoms with Crippen LogP contribution in [-0.4, -0.2) is 39.1 Å². The lowest BCUT2D eigenvalue weighted by Crippen LogP contribution is -2.24. The lowest BCUT2D eigenvalue weighted by atomic mass is 10.2. The average Bonchev–Trinajstić information content (AvgIpc) is 2.28. The van der Waals surface area contributed by atoms with Gasteiger partial charge in [0.05, 0.1) is 16.2 Å². The Morgan fingerprint density at radius 2 is 1.81 bits per heavy atom. The van der Waals surface area contributed by atoms with Crippen molar-refractivity contribution in [2.75, 3.05) is 19.8 Å². The lowest BCUT2D eigenvalue weighted by molar-refractivity contribution is 0.0824. The molecule has 0 fully saturated rings. The van der Waals surface area contributed by atoms with E-state index in [1.54, 1.807) is 33.2 Å². The van der Waals surface area contributed by atoms with Gasteiger partial charge in [-0.05, 0) is 12.1 Å². The molecule has 1 aromatic carbocycles. The molecule has 1 rings (SSSR count). The van der Waals surface area contributed by atoms with Gasteiger partial charge in [0.2, 0.25) is 0 Å². The average molecular weight is 241 g/mol. The molecule has 0 bridgehead atoms. The van der Waals surface area contributed by atoms with Gasteiger partial charge in [-0.2, -0.15) is 0 Å². The zero-order valence-electron chi connectivity index (χ0n) is 9.60. The normalized spacial score (nSPS) is 11.2. The SMILES string of the molecule is CCS(=O)(=O)c1ccccc1C(=O)N(C)C. The van der Waals surface area contributed by atoms with Crippen molar-refractivity contribution in [1.82, 2.24) is 4.90 Å². The van der Waals surface area contributed by atoms with E-state index in [0.717, 1.165) is 0 Å². The first-order chi connectivity index (χ1) is 7.40. The van der Waals surface area contributed by atoms with Crippen LogP contribution in [0.5, 0.6) is 0 Å². The van der Waals surface area contributed by atoms with Crippen LogP contribution < -0.4 is 0 Å². The summed E-state index contributed by atoms with van der Waals surface area (Å²) in [7, 11) is -0.165. The third kappa shape index (κ3) is 2.41. The molecular formula is C11H15NO3S. The van der Waals surface area contributed by atoms with Crippen molar-refractivity contribution in [1.29, 1.82) is 0 Å². The first kappa shape index (κ1) is 12.7. The predicted molar refractivity (Wildman–Crippen MR) is 62.2 cm³/mol. The van der Waals surface area contributed by atoms with Gasteiger partial charge in [0.1, 0.15) is 0 Å². The quantitative estimate of drug-likeness (QED) is 0.798. The molecule has 5 heteroatoms. The molecule has 0 spiro atoms. The molecular weight excluding hydrogens is 226 g/mol. The highest BCUT2D eigenvalue weighted by Gasteiger charge is 2.21. The zero-order chi connectivity index (χ0) is 12.3. The lowest BCUT2D eigenvalue weighted by Gasteiger charge is -2.13. The number of amides is 1. The molecule has 16 heavy (non-hydrogen) atoms. The summed E-state index contributed by atoms with van der Waals surface area (Å²) in [4.78, 5) is 13.3. The monoisotopic (exact) mass is 241 g/mol. The smallest absolute Gasteiger partial charge is 0.254 e. The fraction of sp³-hybridized carbons (Fsp3) is 0.364. The van der Waals surface area contributed by atoms with Gasteiger partial charge in [-0.1, -0.05) is 19.1 Å². The van der Waals surface area contributed by atoms with E-state index in [1.165, 1.54) is 17.0 Å². The number of sulfone groups is 1. The summed E-state index contributed by atoms with van der Waals surface area (Å²) in [5.74, 6) is -0.308. The van der Waals surface area contributed by atoms with Crippen molar-refractivity contribution in [2.24, 2.45) is 0 Å². The summed E-state index contributed by atoms with van der Waals surface area (Å²) >= 11 is 0. The van der Waals surface area contributed by atoms with Crippen molar-refractivity contribution in [3.63, 3.8) is 0 Å². The molecule has 0 atom stereocenters. The topological polar surface area (TPSA) is 54.5 Å². The van der Waals surface area contributed by atoms with Crippen LogP contribution in [0, 0.1) is 0 Å². The van der Waals surface area contributed by atoms with Crippen LogP contribution in [0.4, 0.5) is 0 Å². The maximum absolute atomic E-state index is 11.8. The fourth-order valence-electron chi connectivity index (χ4n) is 1.31. The summed E-state index contributed by atoms with van der Waals surface area (Å²) in [6, 6.07) is 6.28. The van der Waals surface area contributed by atoms with Gasteiger partial charge in [0.25, 0.3) is 5.91 Å². The highest BCUT2D eigenvalue weighted by atomic mass is 32.2. The second-order valence-corrected chi connectivity index (χ2v) is 5.85. The Labute approximate surface area is 95.8 Å². The van der Waals surface area contributed by atoms with Gasteiger partial charge in [0, 0.05) is 14.1 Å². The van der Waals surface area contributed by atoms with E-state index in [4.69, 9.17) is 0 Å². The van der Waals surface area contributed by atoms with E-state index in [9.17, 15) is 13.2 Å². The van der Waals surface area contributed by atoms with E-state index in [2.05, 4.69) is 0 Å². The molecule has 1 aromatic rings. The second-order valence-electron chi connectivity index (χ2n) is 3.60. The number of hydrogen-bond acceptors (Lipinski definition) is 3. The van der Waals surface area contributed by atoms with Gasteiger partial charge < -0.3 is 4.90 Å². The molecule has 0 aliphatic carbocycles. The van der Waals surface area contributed by atoms with Crippen LogP contribution in [0.25, 0.3) is 0 Å². The second kappa shape index (κ2) is 4.65. The Morgan fingerprint density at radius 3 is 2.31 bits per heavy atom. The van der Waals surface area contributed by atoms with E-state index in [0.29, 0.717) is 0 Å². The highest BCUT2D eigenvalue weighted by molar-refractivity contribution is 7.91. The number of benzene rings is 1. The molecule has 0 saturated carbocycles. The summed E-state index contributed by atoms with van der Waals surface area (Å²) in [6.07, 6.45) is 0. The maximum atomic E-state index is 11.8. The standard InChI is InChI=1S/C11H15NO3S/c1-4-16(14,15)10-8-6-5-7-9(10)11(13)12(2)3/h5-8H,4H2,1-3H3. The predicted octanol–water partition coefficient (Wildman–Crippen LogP) is 1.18. The maximum Gasteiger partial charge on any atom is 0.254 e. The Balaban J connectivity index is 3.38. The third-order valence-electron chi connectivity index (χ3n) is 2.24. The summed E-state index contributed by atoms with van der Waals surface area (Å²) in [5, 5.41) is 0. The summed E-state index contributed by atoms with van der Waals surface area (Å²) in [5.41, 5.74) is 0.231. The minimum Gasteiger partial charge on any atom is -0.345 e. The minimum atomic E-state index is -3.35. The van der Waals surface area contributed by atoms with E-state index < -0.39 is 9.84 Å². The van der Waals surface area contributed by atoms with Gasteiger partial charge >= 0.3 is 0 Å². The van der Waals surface area contributed by atoms with Gasteiger partial charge in [0.15, 0.2) is 9.84 Å². The van der Waals surface area contributed by atoms with Crippen LogP contribution in [0.1, 0.15) is 17.3 Å². The minimum absolute atomic E-state index is 0.00920. The molecule has 1 amide bonds. The Bertz CT molecular complexity index is 492. The van der Waals surface area contributed by atoms with Crippen molar-refractivity contribution in [3.05, 3.63) is 29.8 Å². The third-order valence-corrected chi connectivity index (χ3v) is 4.02. The molecule has 0 aliphatic heterocycles. The van der Waals surface area contributed by atoms with Gasteiger partial charge in [-0.25, -0.2) is 8.42 Å². The Morgan fingerprint density at radius 1 is 1.25 bits per heavy atom. The summed E-state index contributed by atoms with van der Waals surface area (Å²) in [6.45, 7) is 1.56. The first-order valence-electron chi connectivity index (χ1n) is 4.93. The summed E-state index contributed by atoms with van der Waals surface area (Å²) < 4.78 is 23.6. The zero-order valence-corrected chi connectivity index (χ0v) is 10.4. The molecule has 4 nitrogen and oxygen atoms in total. The number of hydrogen-bond donors (Lipinski definition) is 0. The molecule has 0 unspecified atom stereocenters. The molecule has 88 valence electrons. The van der Waals surface area contributed by atoms with E-state index in [1.807, 2.05) is 0 Å². The van der Waals surface area contributed by atoms with Crippen LogP contribution in [0.3, 0.4) is 0 Å². The van der Waals surface area contributed by atoms with Crippen molar-refractivity contribution >= 4 is 15.7 Å². The van der Waals surface area contributed by atoms with Gasteiger partial charge in [-0.3, -0.25) is 4.79 Å². The van der Waals surface area contributed by atoms with Crippen LogP contribution >= 0.6 is 0 Å². The molecule has 0 N–H and O–H groups in total. The number of nitrogens with zero attached hydrogens (tertiary/aromatic N) is 1. The van der Waals surface area contributed by atoms with E-state index >= 15 is 0 Å². The Kier molecular flexibility index (Phi) is 3.70. The van der Waals surface area contributed by atoms with Crippen LogP contribution in [0.2, 0.25) is 0 Å². The molecule has 0 radical (unpaired) electrons. The van der Waals surface area contributed by atoms with E-state index in [-0.39, 0.29) is 22.1 Å². The van der Waals surface area contributed by atoms with Crippen molar-refractivity contribution in [3.8, 4) is 0 Å². The van der Waals surface area contributed by atoms with Crippen molar-refractivity contribution in [2.45, 2.75) is 11.8 Å². The fourth-order valence-corrected chi connectivity index (χ4v) is 2.40. The molecule has 0 saturated heterocycles. The van der Waals surface area contributed by atoms with Gasteiger partial charge in [-0.15, -0.1) is 0 Å². The number of carbonyl (C=O) groups is 1. The molecule has 0 heterocycles. The van der Waals surface area contributed by atoms with Crippen LogP contribution in [-0.2, 0) is 9.84 Å². The molecule has 0 aliphatic rings. The Hall–Kier alpha value is -1.36. The van der Waals surface area contributed by atoms with Crippen molar-refractivity contribution < 1.29 is 13.2 Å². The van der Waals surface area contributed by atoms with Crippen LogP contribution in [0.15, 0.2) is 29.2 Å². The largest absolute Gasteiger partial charge is 0.345 e. The number of rotatable bonds is 3. The molecule has 0 aromatic heterocycles. The first-order valence-corrected chi connectivity index (χ1v) is 6.59. The highest BCUT2D eigenvalue weighted by Crippen LogP contribution is 2.17. The number of carbonyl (C=O) groups excluding carboxylic acids is 1.